The lowest BCUT2D eigenvalue weighted by Crippen LogP contribution is -2.38. The molecule has 0 radical (unpaired) electrons. The number of thiazole rings is 1. The van der Waals surface area contributed by atoms with Crippen molar-refractivity contribution >= 4 is 45.0 Å². The number of nitrogens with zero attached hydrogens (tertiary/aromatic N) is 3. The van der Waals surface area contributed by atoms with Gasteiger partial charge >= 0.3 is 0 Å². The van der Waals surface area contributed by atoms with Crippen LogP contribution in [0.4, 0.5) is 5.13 Å². The number of anilines is 1. The lowest BCUT2D eigenvalue weighted by molar-refractivity contribution is 0.0983. The van der Waals surface area contributed by atoms with Crippen molar-refractivity contribution in [3.63, 3.8) is 0 Å². The van der Waals surface area contributed by atoms with E-state index in [0.717, 1.165) is 60.6 Å². The summed E-state index contributed by atoms with van der Waals surface area (Å²) >= 11 is 1.51. The molecule has 3 aromatic rings. The number of carbonyl (C=O) groups excluding carboxylic acids is 1. The molecule has 1 heterocycles. The van der Waals surface area contributed by atoms with Crippen LogP contribution < -0.4 is 14.4 Å². The van der Waals surface area contributed by atoms with Crippen LogP contribution in [0.15, 0.2) is 42.5 Å². The molecule has 1 amide bonds. The van der Waals surface area contributed by atoms with Gasteiger partial charge in [0.2, 0.25) is 0 Å². The number of methoxy groups -OCH3 is 1. The van der Waals surface area contributed by atoms with Gasteiger partial charge in [-0.2, -0.15) is 0 Å². The molecule has 2 aromatic carbocycles. The zero-order valence-corrected chi connectivity index (χ0v) is 22.2. The minimum atomic E-state index is -0.0577. The van der Waals surface area contributed by atoms with Crippen molar-refractivity contribution in [2.75, 3.05) is 44.8 Å². The molecule has 1 aromatic heterocycles. The summed E-state index contributed by atoms with van der Waals surface area (Å²) in [6.07, 6.45) is 3.36. The van der Waals surface area contributed by atoms with E-state index < -0.39 is 0 Å². The van der Waals surface area contributed by atoms with E-state index in [9.17, 15) is 4.79 Å². The summed E-state index contributed by atoms with van der Waals surface area (Å²) in [6, 6.07) is 13.3. The fraction of sp³-hybridized carbons (Fsp3) is 0.462. The second kappa shape index (κ2) is 14.1. The van der Waals surface area contributed by atoms with Crippen LogP contribution in [0.5, 0.6) is 11.5 Å². The van der Waals surface area contributed by atoms with Gasteiger partial charge in [-0.3, -0.25) is 9.69 Å². The van der Waals surface area contributed by atoms with E-state index in [1.807, 2.05) is 42.5 Å². The maximum atomic E-state index is 13.6. The van der Waals surface area contributed by atoms with Gasteiger partial charge in [0.25, 0.3) is 5.91 Å². The van der Waals surface area contributed by atoms with Crippen molar-refractivity contribution in [3.05, 3.63) is 48.0 Å². The number of ether oxygens (including phenoxy) is 2. The molecular weight excluding hydrogens is 470 g/mol. The van der Waals surface area contributed by atoms with Crippen LogP contribution in [-0.4, -0.2) is 55.7 Å². The predicted molar refractivity (Wildman–Crippen MR) is 144 cm³/mol. The maximum Gasteiger partial charge on any atom is 0.260 e. The first-order chi connectivity index (χ1) is 16.1. The molecule has 0 saturated heterocycles. The lowest BCUT2D eigenvalue weighted by Gasteiger charge is -2.24. The zero-order chi connectivity index (χ0) is 23.6. The van der Waals surface area contributed by atoms with E-state index in [1.165, 1.54) is 11.3 Å². The van der Waals surface area contributed by atoms with Crippen LogP contribution in [0, 0.1) is 0 Å². The van der Waals surface area contributed by atoms with Gasteiger partial charge in [0, 0.05) is 18.7 Å². The fourth-order valence-electron chi connectivity index (χ4n) is 3.65. The molecule has 0 N–H and O–H groups in total. The van der Waals surface area contributed by atoms with Crippen LogP contribution in [0.2, 0.25) is 0 Å². The highest BCUT2D eigenvalue weighted by molar-refractivity contribution is 7.22. The Hall–Kier alpha value is -2.35. The number of hydrogen-bond acceptors (Lipinski definition) is 6. The number of unbranched alkanes of at least 4 members (excludes halogenated alkanes) is 2. The topological polar surface area (TPSA) is 54.9 Å². The summed E-state index contributed by atoms with van der Waals surface area (Å²) in [6.45, 7) is 10.4. The third kappa shape index (κ3) is 7.08. The smallest absolute Gasteiger partial charge is 0.260 e. The SMILES string of the molecule is CCCCCOc1ccc(C(=O)N(CCN(CC)CC)c2nc3c(OC)cccc3s2)cc1.Cl. The van der Waals surface area contributed by atoms with Gasteiger partial charge < -0.3 is 14.4 Å². The average Bonchev–Trinajstić information content (AvgIpc) is 3.28. The molecule has 6 nitrogen and oxygen atoms in total. The Bertz CT molecular complexity index is 1020. The van der Waals surface area contributed by atoms with Crippen LogP contribution in [0.3, 0.4) is 0 Å². The van der Waals surface area contributed by atoms with Crippen LogP contribution >= 0.6 is 23.7 Å². The molecule has 3 rings (SSSR count). The molecule has 8 heteroatoms. The number of fused-ring (bicyclic) bond motifs is 1. The number of benzene rings is 2. The minimum absolute atomic E-state index is 0. The summed E-state index contributed by atoms with van der Waals surface area (Å²) in [7, 11) is 1.64. The number of rotatable bonds is 13. The molecule has 0 aliphatic heterocycles. The quantitative estimate of drug-likeness (QED) is 0.256. The Kier molecular flexibility index (Phi) is 11.6. The number of likely N-dealkylation sites (N-methyl/N-ethyl adjacent to an activating group) is 1. The first-order valence-electron chi connectivity index (χ1n) is 11.8. The molecule has 0 bridgehead atoms. The predicted octanol–water partition coefficient (Wildman–Crippen LogP) is 6.28. The van der Waals surface area contributed by atoms with E-state index in [1.54, 1.807) is 12.0 Å². The molecule has 0 saturated carbocycles. The van der Waals surface area contributed by atoms with Crippen LogP contribution in [0.25, 0.3) is 10.2 Å². The van der Waals surface area contributed by atoms with E-state index >= 15 is 0 Å². The molecule has 0 aliphatic carbocycles. The van der Waals surface area contributed by atoms with Crippen LogP contribution in [0.1, 0.15) is 50.4 Å². The van der Waals surface area contributed by atoms with Gasteiger partial charge in [-0.15, -0.1) is 12.4 Å². The van der Waals surface area contributed by atoms with Gasteiger partial charge in [0.05, 0.1) is 18.4 Å². The van der Waals surface area contributed by atoms with Gasteiger partial charge in [-0.1, -0.05) is 51.0 Å². The van der Waals surface area contributed by atoms with Crippen LogP contribution in [-0.2, 0) is 0 Å². The largest absolute Gasteiger partial charge is 0.494 e. The summed E-state index contributed by atoms with van der Waals surface area (Å²) in [5.74, 6) is 1.45. The summed E-state index contributed by atoms with van der Waals surface area (Å²) in [4.78, 5) is 22.5. The third-order valence-electron chi connectivity index (χ3n) is 5.72. The highest BCUT2D eigenvalue weighted by Gasteiger charge is 2.23. The highest BCUT2D eigenvalue weighted by Crippen LogP contribution is 2.34. The summed E-state index contributed by atoms with van der Waals surface area (Å²) in [5, 5.41) is 0.687. The van der Waals surface area contributed by atoms with Crippen molar-refractivity contribution in [2.45, 2.75) is 40.0 Å². The molecule has 0 aliphatic rings. The molecule has 0 unspecified atom stereocenters. The van der Waals surface area contributed by atoms with E-state index in [2.05, 4.69) is 25.7 Å². The highest BCUT2D eigenvalue weighted by atomic mass is 35.5. The molecule has 0 atom stereocenters. The van der Waals surface area contributed by atoms with Gasteiger partial charge in [-0.05, 0) is 55.9 Å². The first-order valence-corrected chi connectivity index (χ1v) is 12.6. The zero-order valence-electron chi connectivity index (χ0n) is 20.6. The van der Waals surface area contributed by atoms with Crippen molar-refractivity contribution in [1.82, 2.24) is 9.88 Å². The number of para-hydroxylation sites is 1. The molecule has 34 heavy (non-hydrogen) atoms. The lowest BCUT2D eigenvalue weighted by atomic mass is 10.2. The number of amides is 1. The Balaban J connectivity index is 0.00000408. The Morgan fingerprint density at radius 3 is 2.38 bits per heavy atom. The Morgan fingerprint density at radius 1 is 1.00 bits per heavy atom. The molecular formula is C26H36ClN3O3S. The van der Waals surface area contributed by atoms with Gasteiger partial charge in [0.15, 0.2) is 5.13 Å². The normalized spacial score (nSPS) is 10.9. The third-order valence-corrected chi connectivity index (χ3v) is 6.76. The fourth-order valence-corrected chi connectivity index (χ4v) is 4.66. The van der Waals surface area contributed by atoms with Crippen molar-refractivity contribution < 1.29 is 14.3 Å². The molecule has 0 fully saturated rings. The maximum absolute atomic E-state index is 13.6. The van der Waals surface area contributed by atoms with E-state index in [4.69, 9.17) is 14.5 Å². The van der Waals surface area contributed by atoms with E-state index in [-0.39, 0.29) is 18.3 Å². The summed E-state index contributed by atoms with van der Waals surface area (Å²) in [5.41, 5.74) is 1.41. The van der Waals surface area contributed by atoms with Gasteiger partial charge in [0.1, 0.15) is 17.0 Å². The number of halogens is 1. The second-order valence-corrected chi connectivity index (χ2v) is 8.88. The monoisotopic (exact) mass is 505 g/mol. The van der Waals surface area contributed by atoms with Crippen molar-refractivity contribution in [1.29, 1.82) is 0 Å². The van der Waals surface area contributed by atoms with E-state index in [0.29, 0.717) is 23.8 Å². The number of carbonyl (C=O) groups is 1. The number of aromatic nitrogens is 1. The van der Waals surface area contributed by atoms with Crippen molar-refractivity contribution in [3.8, 4) is 11.5 Å². The second-order valence-electron chi connectivity index (χ2n) is 7.87. The minimum Gasteiger partial charge on any atom is -0.494 e. The summed E-state index contributed by atoms with van der Waals surface area (Å²) < 4.78 is 12.3. The first kappa shape index (κ1) is 27.9. The standard InChI is InChI=1S/C26H35N3O3S.ClH/c1-5-8-9-19-32-21-15-13-20(14-16-21)25(30)29(18-17-28(6-2)7-3)26-27-24-22(31-4)11-10-12-23(24)33-26;/h10-16H,5-9,17-19H2,1-4H3;1H. The average molecular weight is 506 g/mol. The molecule has 186 valence electrons. The molecule has 0 spiro atoms. The van der Waals surface area contributed by atoms with Gasteiger partial charge in [-0.25, -0.2) is 4.98 Å². The number of hydrogen-bond donors (Lipinski definition) is 0. The Morgan fingerprint density at radius 2 is 1.74 bits per heavy atom. The Labute approximate surface area is 213 Å². The van der Waals surface area contributed by atoms with Crippen molar-refractivity contribution in [2.24, 2.45) is 0 Å².